The van der Waals surface area contributed by atoms with Crippen LogP contribution in [-0.4, -0.2) is 0 Å². The van der Waals surface area contributed by atoms with Crippen molar-refractivity contribution in [2.45, 2.75) is 31.6 Å². The van der Waals surface area contributed by atoms with Crippen LogP contribution >= 0.6 is 11.6 Å². The van der Waals surface area contributed by atoms with Crippen LogP contribution in [0.15, 0.2) is 54.6 Å². The molecule has 18 heavy (non-hydrogen) atoms. The summed E-state index contributed by atoms with van der Waals surface area (Å²) in [6.07, 6.45) is 0. The second-order valence-electron chi connectivity index (χ2n) is 5.61. The maximum Gasteiger partial charge on any atom is 0.0838 e. The Morgan fingerprint density at radius 1 is 0.833 bits per heavy atom. The molecule has 0 radical (unpaired) electrons. The Balaban J connectivity index is 2.46. The van der Waals surface area contributed by atoms with E-state index < -0.39 is 0 Å². The normalized spacial score (nSPS) is 13.3. The lowest BCUT2D eigenvalue weighted by Crippen LogP contribution is -2.15. The summed E-state index contributed by atoms with van der Waals surface area (Å²) in [6, 6.07) is 18.7. The van der Waals surface area contributed by atoms with Crippen molar-refractivity contribution in [3.05, 3.63) is 71.3 Å². The SMILES string of the molecule is CC(C)(C)c1ccccc1[C@H](Cl)c1ccccc1. The Kier molecular flexibility index (Phi) is 3.77. The van der Waals surface area contributed by atoms with E-state index in [1.165, 1.54) is 11.1 Å². The van der Waals surface area contributed by atoms with Gasteiger partial charge in [-0.05, 0) is 22.1 Å². The molecule has 0 saturated carbocycles. The van der Waals surface area contributed by atoms with Gasteiger partial charge in [-0.25, -0.2) is 0 Å². The molecule has 1 heteroatoms. The van der Waals surface area contributed by atoms with E-state index in [4.69, 9.17) is 11.6 Å². The number of alkyl halides is 1. The van der Waals surface area contributed by atoms with Gasteiger partial charge >= 0.3 is 0 Å². The lowest BCUT2D eigenvalue weighted by Gasteiger charge is -2.25. The summed E-state index contributed by atoms with van der Waals surface area (Å²) in [5.74, 6) is 0. The van der Waals surface area contributed by atoms with Crippen molar-refractivity contribution >= 4 is 11.6 Å². The van der Waals surface area contributed by atoms with Gasteiger partial charge in [0.2, 0.25) is 0 Å². The van der Waals surface area contributed by atoms with Crippen molar-refractivity contribution in [2.75, 3.05) is 0 Å². The van der Waals surface area contributed by atoms with E-state index >= 15 is 0 Å². The van der Waals surface area contributed by atoms with Crippen molar-refractivity contribution in [1.82, 2.24) is 0 Å². The molecule has 0 aliphatic heterocycles. The first kappa shape index (κ1) is 13.2. The van der Waals surface area contributed by atoms with E-state index in [-0.39, 0.29) is 10.8 Å². The highest BCUT2D eigenvalue weighted by Crippen LogP contribution is 2.36. The van der Waals surface area contributed by atoms with Gasteiger partial charge in [0.15, 0.2) is 0 Å². The van der Waals surface area contributed by atoms with Gasteiger partial charge in [-0.15, -0.1) is 11.6 Å². The van der Waals surface area contributed by atoms with Crippen LogP contribution in [0.25, 0.3) is 0 Å². The Bertz CT molecular complexity index is 509. The summed E-state index contributed by atoms with van der Waals surface area (Å²) >= 11 is 6.64. The monoisotopic (exact) mass is 258 g/mol. The van der Waals surface area contributed by atoms with E-state index in [1.807, 2.05) is 18.2 Å². The summed E-state index contributed by atoms with van der Waals surface area (Å²) in [4.78, 5) is 0. The van der Waals surface area contributed by atoms with Crippen molar-refractivity contribution in [2.24, 2.45) is 0 Å². The molecule has 2 aromatic carbocycles. The molecule has 0 aromatic heterocycles. The van der Waals surface area contributed by atoms with Crippen LogP contribution in [0.5, 0.6) is 0 Å². The van der Waals surface area contributed by atoms with Crippen molar-refractivity contribution in [1.29, 1.82) is 0 Å². The Morgan fingerprint density at radius 2 is 1.39 bits per heavy atom. The Labute approximate surface area is 115 Å². The number of hydrogen-bond donors (Lipinski definition) is 0. The third-order valence-corrected chi connectivity index (χ3v) is 3.62. The molecule has 0 bridgehead atoms. The molecule has 0 heterocycles. The highest BCUT2D eigenvalue weighted by Gasteiger charge is 2.21. The predicted octanol–water partition coefficient (Wildman–Crippen LogP) is 5.31. The summed E-state index contributed by atoms with van der Waals surface area (Å²) in [5, 5.41) is -0.0818. The first-order valence-electron chi connectivity index (χ1n) is 6.28. The molecular weight excluding hydrogens is 240 g/mol. The van der Waals surface area contributed by atoms with Gasteiger partial charge in [0.05, 0.1) is 5.38 Å². The van der Waals surface area contributed by atoms with E-state index in [9.17, 15) is 0 Å². The van der Waals surface area contributed by atoms with Crippen molar-refractivity contribution in [3.63, 3.8) is 0 Å². The molecule has 0 aliphatic rings. The fraction of sp³-hybridized carbons (Fsp3) is 0.294. The topological polar surface area (TPSA) is 0 Å². The van der Waals surface area contributed by atoms with Crippen molar-refractivity contribution < 1.29 is 0 Å². The summed E-state index contributed by atoms with van der Waals surface area (Å²) in [6.45, 7) is 6.67. The molecule has 0 nitrogen and oxygen atoms in total. The van der Waals surface area contributed by atoms with E-state index in [0.717, 1.165) is 5.56 Å². The minimum Gasteiger partial charge on any atom is -0.113 e. The van der Waals surface area contributed by atoms with Crippen LogP contribution in [0.1, 0.15) is 42.8 Å². The zero-order chi connectivity index (χ0) is 13.2. The maximum atomic E-state index is 6.64. The molecule has 0 unspecified atom stereocenters. The fourth-order valence-electron chi connectivity index (χ4n) is 2.20. The minimum absolute atomic E-state index is 0.0818. The summed E-state index contributed by atoms with van der Waals surface area (Å²) in [5.41, 5.74) is 3.78. The zero-order valence-electron chi connectivity index (χ0n) is 11.2. The van der Waals surface area contributed by atoms with Gasteiger partial charge in [0, 0.05) is 0 Å². The van der Waals surface area contributed by atoms with E-state index in [0.29, 0.717) is 0 Å². The van der Waals surface area contributed by atoms with Gasteiger partial charge in [0.25, 0.3) is 0 Å². The Morgan fingerprint density at radius 3 is 2.00 bits per heavy atom. The second kappa shape index (κ2) is 5.16. The molecule has 2 rings (SSSR count). The zero-order valence-corrected chi connectivity index (χ0v) is 11.9. The van der Waals surface area contributed by atoms with Crippen LogP contribution in [0.2, 0.25) is 0 Å². The molecule has 0 spiro atoms. The largest absolute Gasteiger partial charge is 0.113 e. The molecule has 0 aliphatic carbocycles. The predicted molar refractivity (Wildman–Crippen MR) is 79.3 cm³/mol. The van der Waals surface area contributed by atoms with Crippen LogP contribution < -0.4 is 0 Å². The average Bonchev–Trinajstić information content (AvgIpc) is 2.38. The number of benzene rings is 2. The fourth-order valence-corrected chi connectivity index (χ4v) is 2.54. The molecule has 1 atom stereocenters. The lowest BCUT2D eigenvalue weighted by molar-refractivity contribution is 0.583. The molecule has 0 amide bonds. The van der Waals surface area contributed by atoms with Gasteiger partial charge in [0.1, 0.15) is 0 Å². The van der Waals surface area contributed by atoms with Crippen molar-refractivity contribution in [3.8, 4) is 0 Å². The molecular formula is C17H19Cl. The van der Waals surface area contributed by atoms with Gasteiger partial charge in [-0.1, -0.05) is 75.4 Å². The number of rotatable bonds is 2. The summed E-state index contributed by atoms with van der Waals surface area (Å²) < 4.78 is 0. The standard InChI is InChI=1S/C17H19Cl/c1-17(2,3)15-12-8-7-11-14(15)16(18)13-9-5-4-6-10-13/h4-12,16H,1-3H3/t16-/m1/s1. The second-order valence-corrected chi connectivity index (χ2v) is 6.05. The van der Waals surface area contributed by atoms with Gasteiger partial charge < -0.3 is 0 Å². The molecule has 94 valence electrons. The van der Waals surface area contributed by atoms with Gasteiger partial charge in [-0.3, -0.25) is 0 Å². The molecule has 0 N–H and O–H groups in total. The third-order valence-electron chi connectivity index (χ3n) is 3.13. The van der Waals surface area contributed by atoms with Crippen LogP contribution in [-0.2, 0) is 5.41 Å². The smallest absolute Gasteiger partial charge is 0.0838 e. The van der Waals surface area contributed by atoms with E-state index in [1.54, 1.807) is 0 Å². The molecule has 0 saturated heterocycles. The highest BCUT2D eigenvalue weighted by molar-refractivity contribution is 6.22. The van der Waals surface area contributed by atoms with Crippen LogP contribution in [0, 0.1) is 0 Å². The molecule has 2 aromatic rings. The first-order chi connectivity index (χ1) is 8.50. The van der Waals surface area contributed by atoms with Crippen LogP contribution in [0.3, 0.4) is 0 Å². The highest BCUT2D eigenvalue weighted by atomic mass is 35.5. The minimum atomic E-state index is -0.0818. The first-order valence-corrected chi connectivity index (χ1v) is 6.72. The van der Waals surface area contributed by atoms with Crippen LogP contribution in [0.4, 0.5) is 0 Å². The Hall–Kier alpha value is -1.27. The number of halogens is 1. The lowest BCUT2D eigenvalue weighted by atomic mass is 9.82. The molecule has 0 fully saturated rings. The third kappa shape index (κ3) is 2.76. The van der Waals surface area contributed by atoms with Gasteiger partial charge in [-0.2, -0.15) is 0 Å². The number of hydrogen-bond acceptors (Lipinski definition) is 0. The average molecular weight is 259 g/mol. The van der Waals surface area contributed by atoms with E-state index in [2.05, 4.69) is 57.2 Å². The quantitative estimate of drug-likeness (QED) is 0.640. The maximum absolute atomic E-state index is 6.64. The summed E-state index contributed by atoms with van der Waals surface area (Å²) in [7, 11) is 0.